The van der Waals surface area contributed by atoms with Gasteiger partial charge in [-0.25, -0.2) is 4.39 Å². The van der Waals surface area contributed by atoms with Gasteiger partial charge in [0.25, 0.3) is 5.56 Å². The van der Waals surface area contributed by atoms with Crippen LogP contribution >= 0.6 is 0 Å². The summed E-state index contributed by atoms with van der Waals surface area (Å²) in [6.07, 6.45) is 3.02. The molecule has 3 aromatic carbocycles. The van der Waals surface area contributed by atoms with Gasteiger partial charge in [0.1, 0.15) is 11.5 Å². The summed E-state index contributed by atoms with van der Waals surface area (Å²) >= 11 is 0. The van der Waals surface area contributed by atoms with E-state index in [2.05, 4.69) is 10.3 Å². The number of amides is 1. The van der Waals surface area contributed by atoms with Crippen LogP contribution in [0.4, 0.5) is 10.1 Å². The number of aromatic amines is 1. The molecule has 0 saturated heterocycles. The molecule has 2 N–H and O–H groups in total. The number of nitrogens with one attached hydrogen (secondary N) is 2. The van der Waals surface area contributed by atoms with E-state index < -0.39 is 17.3 Å². The number of halogens is 1. The summed E-state index contributed by atoms with van der Waals surface area (Å²) in [5, 5.41) is 3.18. The molecule has 0 fully saturated rings. The van der Waals surface area contributed by atoms with Crippen molar-refractivity contribution in [3.63, 3.8) is 0 Å². The van der Waals surface area contributed by atoms with Gasteiger partial charge in [-0.2, -0.15) is 0 Å². The highest BCUT2D eigenvalue weighted by molar-refractivity contribution is 6.08. The van der Waals surface area contributed by atoms with Crippen LogP contribution in [0.1, 0.15) is 5.56 Å². The fraction of sp³-hybridized carbons (Fsp3) is 0. The summed E-state index contributed by atoms with van der Waals surface area (Å²) in [6.45, 7) is 0. The number of benzene rings is 3. The van der Waals surface area contributed by atoms with Crippen LogP contribution in [-0.4, -0.2) is 10.9 Å². The average molecular weight is 384 g/mol. The van der Waals surface area contributed by atoms with E-state index >= 15 is 0 Å². The Balaban J connectivity index is 1.81. The van der Waals surface area contributed by atoms with Gasteiger partial charge in [0.2, 0.25) is 5.91 Å². The lowest BCUT2D eigenvalue weighted by atomic mass is 9.99. The van der Waals surface area contributed by atoms with Crippen molar-refractivity contribution in [1.82, 2.24) is 4.98 Å². The number of hydrogen-bond donors (Lipinski definition) is 2. The molecule has 29 heavy (non-hydrogen) atoms. The number of anilines is 1. The second kappa shape index (κ2) is 7.94. The third kappa shape index (κ3) is 3.99. The molecule has 4 nitrogen and oxygen atoms in total. The van der Waals surface area contributed by atoms with Crippen LogP contribution in [0.2, 0.25) is 0 Å². The topological polar surface area (TPSA) is 62.0 Å². The molecule has 0 aliphatic heterocycles. The highest BCUT2D eigenvalue weighted by atomic mass is 19.1. The standard InChI is InChI=1S/C24H17FN2O2/c25-18-12-13-20-19(15-18)22(17-9-5-2-6-10-17)23(24(29)26-20)27-21(28)14-11-16-7-3-1-4-8-16/h1-15H,(H,26,29)(H,27,28)/b14-11+. The molecular formula is C24H17FN2O2. The lowest BCUT2D eigenvalue weighted by molar-refractivity contribution is -0.111. The van der Waals surface area contributed by atoms with Crippen molar-refractivity contribution in [2.75, 3.05) is 5.32 Å². The molecule has 0 atom stereocenters. The zero-order valence-corrected chi connectivity index (χ0v) is 15.4. The maximum atomic E-state index is 13.9. The first-order valence-corrected chi connectivity index (χ1v) is 9.07. The second-order valence-corrected chi connectivity index (χ2v) is 6.49. The molecule has 0 aliphatic rings. The Morgan fingerprint density at radius 1 is 0.931 bits per heavy atom. The van der Waals surface area contributed by atoms with Crippen molar-refractivity contribution in [1.29, 1.82) is 0 Å². The van der Waals surface area contributed by atoms with Crippen LogP contribution in [0.15, 0.2) is 89.7 Å². The normalized spacial score (nSPS) is 11.1. The largest absolute Gasteiger partial charge is 0.320 e. The Labute approximate surface area is 166 Å². The molecule has 1 amide bonds. The van der Waals surface area contributed by atoms with Gasteiger partial charge in [-0.05, 0) is 35.4 Å². The zero-order chi connectivity index (χ0) is 20.2. The maximum Gasteiger partial charge on any atom is 0.272 e. The average Bonchev–Trinajstić information content (AvgIpc) is 2.74. The first-order chi connectivity index (χ1) is 14.1. The van der Waals surface area contributed by atoms with Gasteiger partial charge in [0.05, 0.1) is 0 Å². The SMILES string of the molecule is O=C(/C=C/c1ccccc1)Nc1c(-c2ccccc2)c2cc(F)ccc2[nH]c1=O. The molecule has 0 saturated carbocycles. The van der Waals surface area contributed by atoms with Crippen molar-refractivity contribution in [3.8, 4) is 11.1 Å². The predicted molar refractivity (Wildman–Crippen MR) is 114 cm³/mol. The van der Waals surface area contributed by atoms with Crippen LogP contribution in [0.5, 0.6) is 0 Å². The first-order valence-electron chi connectivity index (χ1n) is 9.07. The maximum absolute atomic E-state index is 13.9. The molecule has 4 aromatic rings. The van der Waals surface area contributed by atoms with Crippen molar-refractivity contribution < 1.29 is 9.18 Å². The van der Waals surface area contributed by atoms with Gasteiger partial charge in [-0.1, -0.05) is 60.7 Å². The highest BCUT2D eigenvalue weighted by Crippen LogP contribution is 2.32. The number of H-pyrrole nitrogens is 1. The Hall–Kier alpha value is -3.99. The number of rotatable bonds is 4. The molecule has 4 rings (SSSR count). The van der Waals surface area contributed by atoms with E-state index in [4.69, 9.17) is 0 Å². The van der Waals surface area contributed by atoms with Crippen LogP contribution < -0.4 is 10.9 Å². The third-order valence-corrected chi connectivity index (χ3v) is 4.51. The van der Waals surface area contributed by atoms with Crippen molar-refractivity contribution >= 4 is 28.6 Å². The quantitative estimate of drug-likeness (QED) is 0.487. The Morgan fingerprint density at radius 2 is 1.62 bits per heavy atom. The number of carbonyl (C=O) groups is 1. The summed E-state index contributed by atoms with van der Waals surface area (Å²) in [6, 6.07) is 22.6. The number of carbonyl (C=O) groups excluding carboxylic acids is 1. The number of fused-ring (bicyclic) bond motifs is 1. The van der Waals surface area contributed by atoms with Crippen molar-refractivity contribution in [3.05, 3.63) is 107 Å². The Bertz CT molecular complexity index is 1260. The summed E-state index contributed by atoms with van der Waals surface area (Å²) < 4.78 is 13.9. The smallest absolute Gasteiger partial charge is 0.272 e. The Kier molecular flexibility index (Phi) is 5.03. The van der Waals surface area contributed by atoms with Crippen LogP contribution in [0.25, 0.3) is 28.1 Å². The van der Waals surface area contributed by atoms with Crippen LogP contribution in [0, 0.1) is 5.82 Å². The van der Waals surface area contributed by atoms with E-state index in [1.54, 1.807) is 6.08 Å². The van der Waals surface area contributed by atoms with Gasteiger partial charge < -0.3 is 10.3 Å². The zero-order valence-electron chi connectivity index (χ0n) is 15.4. The van der Waals surface area contributed by atoms with E-state index in [0.29, 0.717) is 22.0 Å². The summed E-state index contributed by atoms with van der Waals surface area (Å²) in [5.74, 6) is -0.879. The minimum absolute atomic E-state index is 0.0806. The van der Waals surface area contributed by atoms with E-state index in [1.807, 2.05) is 60.7 Å². The molecule has 0 bridgehead atoms. The van der Waals surface area contributed by atoms with Crippen LogP contribution in [-0.2, 0) is 4.79 Å². The van der Waals surface area contributed by atoms with Crippen molar-refractivity contribution in [2.45, 2.75) is 0 Å². The van der Waals surface area contributed by atoms with E-state index in [0.717, 1.165) is 5.56 Å². The molecule has 1 heterocycles. The van der Waals surface area contributed by atoms with Gasteiger partial charge in [-0.15, -0.1) is 0 Å². The minimum Gasteiger partial charge on any atom is -0.320 e. The van der Waals surface area contributed by atoms with Gasteiger partial charge in [0.15, 0.2) is 0 Å². The second-order valence-electron chi connectivity index (χ2n) is 6.49. The van der Waals surface area contributed by atoms with E-state index in [1.165, 1.54) is 24.3 Å². The van der Waals surface area contributed by atoms with Gasteiger partial charge in [-0.3, -0.25) is 9.59 Å². The third-order valence-electron chi connectivity index (χ3n) is 4.51. The summed E-state index contributed by atoms with van der Waals surface area (Å²) in [4.78, 5) is 27.9. The first kappa shape index (κ1) is 18.4. The predicted octanol–water partition coefficient (Wildman–Crippen LogP) is 4.99. The molecule has 1 aromatic heterocycles. The molecule has 0 unspecified atom stereocenters. The highest BCUT2D eigenvalue weighted by Gasteiger charge is 2.16. The fourth-order valence-corrected chi connectivity index (χ4v) is 3.19. The Morgan fingerprint density at radius 3 is 2.34 bits per heavy atom. The molecular weight excluding hydrogens is 367 g/mol. The van der Waals surface area contributed by atoms with E-state index in [-0.39, 0.29) is 5.69 Å². The fourth-order valence-electron chi connectivity index (χ4n) is 3.19. The van der Waals surface area contributed by atoms with Gasteiger partial charge in [0, 0.05) is 22.5 Å². The molecule has 5 heteroatoms. The van der Waals surface area contributed by atoms with Crippen molar-refractivity contribution in [2.24, 2.45) is 0 Å². The molecule has 142 valence electrons. The lowest BCUT2D eigenvalue weighted by Crippen LogP contribution is -2.19. The lowest BCUT2D eigenvalue weighted by Gasteiger charge is -2.13. The number of aromatic nitrogens is 1. The minimum atomic E-state index is -0.454. The number of pyridine rings is 1. The summed E-state index contributed by atoms with van der Waals surface area (Å²) in [5.41, 5.74) is 2.16. The molecule has 0 radical (unpaired) electrons. The van der Waals surface area contributed by atoms with E-state index in [9.17, 15) is 14.0 Å². The molecule has 0 aliphatic carbocycles. The monoisotopic (exact) mass is 384 g/mol. The van der Waals surface area contributed by atoms with Gasteiger partial charge >= 0.3 is 0 Å². The molecule has 0 spiro atoms. The van der Waals surface area contributed by atoms with Crippen LogP contribution in [0.3, 0.4) is 0 Å². The number of hydrogen-bond acceptors (Lipinski definition) is 2. The summed E-state index contributed by atoms with van der Waals surface area (Å²) in [7, 11) is 0.